The van der Waals surface area contributed by atoms with Gasteiger partial charge in [0, 0.05) is 37.9 Å². The highest BCUT2D eigenvalue weighted by Gasteiger charge is 2.23. The van der Waals surface area contributed by atoms with E-state index in [9.17, 15) is 4.79 Å². The van der Waals surface area contributed by atoms with E-state index in [0.717, 1.165) is 24.1 Å². The van der Waals surface area contributed by atoms with Crippen LogP contribution < -0.4 is 5.32 Å². The van der Waals surface area contributed by atoms with Crippen molar-refractivity contribution in [1.29, 1.82) is 0 Å². The molecule has 0 aliphatic carbocycles. The van der Waals surface area contributed by atoms with Crippen LogP contribution in [0.25, 0.3) is 0 Å². The lowest BCUT2D eigenvalue weighted by atomic mass is 10.1. The Labute approximate surface area is 119 Å². The Morgan fingerprint density at radius 2 is 2.35 bits per heavy atom. The second kappa shape index (κ2) is 6.85. The molecule has 1 N–H and O–H groups in total. The van der Waals surface area contributed by atoms with Crippen LogP contribution in [0, 0.1) is 0 Å². The van der Waals surface area contributed by atoms with Crippen molar-refractivity contribution in [3.05, 3.63) is 17.0 Å². The fraction of sp³-hybridized carbons (Fsp3) is 0.714. The highest BCUT2D eigenvalue weighted by molar-refractivity contribution is 5.94. The van der Waals surface area contributed by atoms with Gasteiger partial charge in [-0.05, 0) is 20.3 Å². The molecule has 0 spiro atoms. The Morgan fingerprint density at radius 3 is 3.10 bits per heavy atom. The molecule has 2 rings (SSSR count). The zero-order valence-corrected chi connectivity index (χ0v) is 12.4. The van der Waals surface area contributed by atoms with Gasteiger partial charge in [0.2, 0.25) is 0 Å². The molecule has 0 aromatic carbocycles. The van der Waals surface area contributed by atoms with Crippen LogP contribution in [0.5, 0.6) is 0 Å². The first kappa shape index (κ1) is 15.0. The lowest BCUT2D eigenvalue weighted by Crippen LogP contribution is -2.27. The summed E-state index contributed by atoms with van der Waals surface area (Å²) in [5, 5.41) is 7.20. The quantitative estimate of drug-likeness (QED) is 0.791. The van der Waals surface area contributed by atoms with Gasteiger partial charge in [-0.2, -0.15) is 5.10 Å². The summed E-state index contributed by atoms with van der Waals surface area (Å²) in [5.74, 6) is -0.128. The van der Waals surface area contributed by atoms with Gasteiger partial charge in [0.1, 0.15) is 0 Å². The molecule has 0 saturated heterocycles. The Hall–Kier alpha value is -1.40. The summed E-state index contributed by atoms with van der Waals surface area (Å²) in [6, 6.07) is 0. The van der Waals surface area contributed by atoms with Crippen LogP contribution in [-0.2, 0) is 29.5 Å². The lowest BCUT2D eigenvalue weighted by molar-refractivity contribution is 0.0755. The molecule has 0 saturated carbocycles. The van der Waals surface area contributed by atoms with Crippen molar-refractivity contribution < 1.29 is 14.3 Å². The molecular weight excluding hydrogens is 258 g/mol. The monoisotopic (exact) mass is 281 g/mol. The van der Waals surface area contributed by atoms with Gasteiger partial charge in [-0.1, -0.05) is 0 Å². The first-order chi connectivity index (χ1) is 9.59. The summed E-state index contributed by atoms with van der Waals surface area (Å²) in [4.78, 5) is 12.1. The summed E-state index contributed by atoms with van der Waals surface area (Å²) in [6.07, 6.45) is 1.84. The number of hydrogen-bond acceptors (Lipinski definition) is 4. The van der Waals surface area contributed by atoms with Gasteiger partial charge in [0.05, 0.1) is 19.3 Å². The van der Waals surface area contributed by atoms with Crippen molar-refractivity contribution in [2.45, 2.75) is 39.4 Å². The van der Waals surface area contributed by atoms with E-state index in [2.05, 4.69) is 10.4 Å². The third kappa shape index (κ3) is 3.58. The number of ether oxygens (including phenoxy) is 2. The minimum absolute atomic E-state index is 0.128. The average Bonchev–Trinajstić information content (AvgIpc) is 2.76. The summed E-state index contributed by atoms with van der Waals surface area (Å²) in [7, 11) is 1.87. The van der Waals surface area contributed by atoms with Gasteiger partial charge in [-0.15, -0.1) is 0 Å². The Balaban J connectivity index is 1.87. The molecular formula is C14H23N3O3. The molecule has 6 heteroatoms. The number of hydrogen-bond donors (Lipinski definition) is 1. The molecule has 0 bridgehead atoms. The van der Waals surface area contributed by atoms with Crippen LogP contribution >= 0.6 is 0 Å². The minimum atomic E-state index is -0.128. The predicted molar refractivity (Wildman–Crippen MR) is 74.6 cm³/mol. The highest BCUT2D eigenvalue weighted by atomic mass is 16.5. The van der Waals surface area contributed by atoms with Crippen molar-refractivity contribution in [3.8, 4) is 0 Å². The van der Waals surface area contributed by atoms with E-state index < -0.39 is 0 Å². The van der Waals surface area contributed by atoms with Crippen molar-refractivity contribution in [2.75, 3.05) is 19.8 Å². The first-order valence-electron chi connectivity index (χ1n) is 7.12. The molecule has 20 heavy (non-hydrogen) atoms. The van der Waals surface area contributed by atoms with Crippen molar-refractivity contribution in [2.24, 2.45) is 7.05 Å². The molecule has 112 valence electrons. The maximum Gasteiger partial charge on any atom is 0.272 e. The smallest absolute Gasteiger partial charge is 0.272 e. The number of carbonyl (C=O) groups excluding carboxylic acids is 1. The average molecular weight is 281 g/mol. The van der Waals surface area contributed by atoms with Gasteiger partial charge < -0.3 is 14.8 Å². The molecule has 1 aromatic heterocycles. The Morgan fingerprint density at radius 1 is 1.55 bits per heavy atom. The number of nitrogens with one attached hydrogen (secondary N) is 1. The molecule has 6 nitrogen and oxygen atoms in total. The molecule has 1 aliphatic heterocycles. The van der Waals surface area contributed by atoms with E-state index in [-0.39, 0.29) is 12.0 Å². The van der Waals surface area contributed by atoms with Crippen LogP contribution in [0.1, 0.15) is 42.0 Å². The van der Waals surface area contributed by atoms with E-state index in [1.54, 1.807) is 4.68 Å². The van der Waals surface area contributed by atoms with Crippen LogP contribution in [0.3, 0.4) is 0 Å². The number of aromatic nitrogens is 2. The SMILES string of the molecule is CC(C)OCCCNC(=O)c1nn(C)c2c1COCC2. The second-order valence-electron chi connectivity index (χ2n) is 5.23. The van der Waals surface area contributed by atoms with Crippen LogP contribution in [-0.4, -0.2) is 41.6 Å². The fourth-order valence-corrected chi connectivity index (χ4v) is 2.27. The number of amides is 1. The predicted octanol–water partition coefficient (Wildman–Crippen LogP) is 1.04. The maximum absolute atomic E-state index is 12.1. The Kier molecular flexibility index (Phi) is 5.14. The van der Waals surface area contributed by atoms with Gasteiger partial charge in [0.25, 0.3) is 5.91 Å². The zero-order chi connectivity index (χ0) is 14.5. The number of rotatable bonds is 6. The molecule has 1 aromatic rings. The third-order valence-corrected chi connectivity index (χ3v) is 3.28. The van der Waals surface area contributed by atoms with Crippen molar-refractivity contribution in [3.63, 3.8) is 0 Å². The van der Waals surface area contributed by atoms with Crippen molar-refractivity contribution >= 4 is 5.91 Å². The van der Waals surface area contributed by atoms with E-state index in [1.807, 2.05) is 20.9 Å². The van der Waals surface area contributed by atoms with Crippen LogP contribution in [0.4, 0.5) is 0 Å². The lowest BCUT2D eigenvalue weighted by Gasteiger charge is -2.13. The summed E-state index contributed by atoms with van der Waals surface area (Å²) < 4.78 is 12.6. The number of fused-ring (bicyclic) bond motifs is 1. The standard InChI is InChI=1S/C14H23N3O3/c1-10(2)20-7-4-6-15-14(18)13-11-9-19-8-5-12(11)17(3)16-13/h10H,4-9H2,1-3H3,(H,15,18). The minimum Gasteiger partial charge on any atom is -0.379 e. The van der Waals surface area contributed by atoms with Gasteiger partial charge in [0.15, 0.2) is 5.69 Å². The molecule has 0 unspecified atom stereocenters. The van der Waals surface area contributed by atoms with E-state index in [1.165, 1.54) is 0 Å². The van der Waals surface area contributed by atoms with Crippen molar-refractivity contribution in [1.82, 2.24) is 15.1 Å². The zero-order valence-electron chi connectivity index (χ0n) is 12.4. The fourth-order valence-electron chi connectivity index (χ4n) is 2.27. The molecule has 1 amide bonds. The van der Waals surface area contributed by atoms with Crippen LogP contribution in [0.2, 0.25) is 0 Å². The summed E-state index contributed by atoms with van der Waals surface area (Å²) >= 11 is 0. The van der Waals surface area contributed by atoms with Gasteiger partial charge in [-0.25, -0.2) is 0 Å². The van der Waals surface area contributed by atoms with E-state index in [4.69, 9.17) is 9.47 Å². The molecule has 2 heterocycles. The number of aryl methyl sites for hydroxylation is 1. The van der Waals surface area contributed by atoms with Crippen LogP contribution in [0.15, 0.2) is 0 Å². The summed E-state index contributed by atoms with van der Waals surface area (Å²) in [5.41, 5.74) is 2.52. The second-order valence-corrected chi connectivity index (χ2v) is 5.23. The van der Waals surface area contributed by atoms with Gasteiger partial charge >= 0.3 is 0 Å². The highest BCUT2D eigenvalue weighted by Crippen LogP contribution is 2.19. The maximum atomic E-state index is 12.1. The van der Waals surface area contributed by atoms with E-state index in [0.29, 0.717) is 32.1 Å². The first-order valence-corrected chi connectivity index (χ1v) is 7.12. The number of carbonyl (C=O) groups is 1. The normalized spacial score (nSPS) is 14.4. The molecule has 1 aliphatic rings. The summed E-state index contributed by atoms with van der Waals surface area (Å²) in [6.45, 7) is 6.42. The molecule has 0 radical (unpaired) electrons. The molecule has 0 atom stereocenters. The largest absolute Gasteiger partial charge is 0.379 e. The third-order valence-electron chi connectivity index (χ3n) is 3.28. The Bertz CT molecular complexity index is 468. The van der Waals surface area contributed by atoms with E-state index >= 15 is 0 Å². The van der Waals surface area contributed by atoms with Gasteiger partial charge in [-0.3, -0.25) is 9.48 Å². The molecule has 0 fully saturated rings. The topological polar surface area (TPSA) is 65.4 Å². The number of nitrogens with zero attached hydrogens (tertiary/aromatic N) is 2.